The summed E-state index contributed by atoms with van der Waals surface area (Å²) in [6.45, 7) is 0. The molecule has 2 heterocycles. The van der Waals surface area contributed by atoms with Crippen LogP contribution in [0.15, 0.2) is 30.6 Å². The SMILES string of the molecule is COc1ccc2c(Nc3c(Cl)cncc3Cl)cc(N(C)C)nc2c1OC1CCCC1. The van der Waals surface area contributed by atoms with E-state index < -0.39 is 0 Å². The fourth-order valence-electron chi connectivity index (χ4n) is 3.68. The van der Waals surface area contributed by atoms with E-state index in [1.807, 2.05) is 37.2 Å². The molecular weight excluding hydrogens is 423 g/mol. The molecule has 0 radical (unpaired) electrons. The summed E-state index contributed by atoms with van der Waals surface area (Å²) in [5, 5.41) is 5.14. The lowest BCUT2D eigenvalue weighted by atomic mass is 10.1. The Kier molecular flexibility index (Phi) is 6.06. The Bertz CT molecular complexity index is 1050. The number of pyridine rings is 2. The van der Waals surface area contributed by atoms with Crippen LogP contribution >= 0.6 is 23.2 Å². The molecule has 0 amide bonds. The van der Waals surface area contributed by atoms with Gasteiger partial charge in [-0.1, -0.05) is 23.2 Å². The second-order valence-corrected chi connectivity index (χ2v) is 8.36. The summed E-state index contributed by atoms with van der Waals surface area (Å²) >= 11 is 12.7. The van der Waals surface area contributed by atoms with Gasteiger partial charge in [-0.15, -0.1) is 0 Å². The highest BCUT2D eigenvalue weighted by molar-refractivity contribution is 6.39. The number of ether oxygens (including phenoxy) is 2. The van der Waals surface area contributed by atoms with E-state index in [4.69, 9.17) is 37.7 Å². The number of fused-ring (bicyclic) bond motifs is 1. The molecule has 1 aliphatic carbocycles. The maximum atomic E-state index is 6.40. The van der Waals surface area contributed by atoms with Crippen LogP contribution in [-0.4, -0.2) is 37.3 Å². The Morgan fingerprint density at radius 2 is 1.80 bits per heavy atom. The van der Waals surface area contributed by atoms with Crippen molar-refractivity contribution in [3.8, 4) is 11.5 Å². The van der Waals surface area contributed by atoms with E-state index in [1.54, 1.807) is 19.5 Å². The van der Waals surface area contributed by atoms with Crippen molar-refractivity contribution in [3.05, 3.63) is 40.6 Å². The Morgan fingerprint density at radius 1 is 1.10 bits per heavy atom. The highest BCUT2D eigenvalue weighted by atomic mass is 35.5. The third-order valence-corrected chi connectivity index (χ3v) is 5.84. The summed E-state index contributed by atoms with van der Waals surface area (Å²) in [7, 11) is 5.54. The van der Waals surface area contributed by atoms with Crippen LogP contribution in [0.1, 0.15) is 25.7 Å². The molecule has 0 saturated heterocycles. The van der Waals surface area contributed by atoms with Crippen molar-refractivity contribution in [2.24, 2.45) is 0 Å². The summed E-state index contributed by atoms with van der Waals surface area (Å²) in [6, 6.07) is 5.83. The summed E-state index contributed by atoms with van der Waals surface area (Å²) in [4.78, 5) is 10.8. The number of nitrogens with zero attached hydrogens (tertiary/aromatic N) is 3. The molecule has 4 rings (SSSR count). The van der Waals surface area contributed by atoms with Gasteiger partial charge in [-0.3, -0.25) is 4.98 Å². The van der Waals surface area contributed by atoms with Crippen LogP contribution in [0.25, 0.3) is 10.9 Å². The molecule has 0 unspecified atom stereocenters. The van der Waals surface area contributed by atoms with Crippen LogP contribution < -0.4 is 19.7 Å². The van der Waals surface area contributed by atoms with Crippen LogP contribution in [0, 0.1) is 0 Å². The Labute approximate surface area is 186 Å². The van der Waals surface area contributed by atoms with E-state index >= 15 is 0 Å². The lowest BCUT2D eigenvalue weighted by molar-refractivity contribution is 0.203. The zero-order valence-electron chi connectivity index (χ0n) is 17.2. The molecule has 1 aromatic carbocycles. The molecular formula is C22H24Cl2N4O2. The van der Waals surface area contributed by atoms with Crippen molar-refractivity contribution >= 4 is 51.3 Å². The number of halogens is 2. The van der Waals surface area contributed by atoms with Crippen molar-refractivity contribution < 1.29 is 9.47 Å². The van der Waals surface area contributed by atoms with Gasteiger partial charge in [0.25, 0.3) is 0 Å². The average molecular weight is 447 g/mol. The molecule has 1 N–H and O–H groups in total. The van der Waals surface area contributed by atoms with Crippen LogP contribution in [0.3, 0.4) is 0 Å². The van der Waals surface area contributed by atoms with Crippen LogP contribution in [0.4, 0.5) is 17.2 Å². The molecule has 0 aliphatic heterocycles. The second kappa shape index (κ2) is 8.74. The first-order valence-corrected chi connectivity index (χ1v) is 10.6. The van der Waals surface area contributed by atoms with E-state index in [9.17, 15) is 0 Å². The predicted molar refractivity (Wildman–Crippen MR) is 123 cm³/mol. The Hall–Kier alpha value is -2.44. The lowest BCUT2D eigenvalue weighted by Crippen LogP contribution is -2.14. The fraction of sp³-hybridized carbons (Fsp3) is 0.364. The van der Waals surface area contributed by atoms with Crippen molar-refractivity contribution in [3.63, 3.8) is 0 Å². The summed E-state index contributed by atoms with van der Waals surface area (Å²) in [6.07, 6.45) is 7.74. The zero-order valence-corrected chi connectivity index (χ0v) is 18.7. The van der Waals surface area contributed by atoms with Crippen molar-refractivity contribution in [2.45, 2.75) is 31.8 Å². The van der Waals surface area contributed by atoms with Crippen LogP contribution in [0.5, 0.6) is 11.5 Å². The van der Waals surface area contributed by atoms with Gasteiger partial charge in [0.05, 0.1) is 34.6 Å². The first-order chi connectivity index (χ1) is 14.5. The largest absolute Gasteiger partial charge is 0.493 e. The topological polar surface area (TPSA) is 59.5 Å². The van der Waals surface area contributed by atoms with Crippen molar-refractivity contribution in [1.82, 2.24) is 9.97 Å². The van der Waals surface area contributed by atoms with Gasteiger partial charge in [-0.2, -0.15) is 0 Å². The number of nitrogens with one attached hydrogen (secondary N) is 1. The van der Waals surface area contributed by atoms with Crippen LogP contribution in [-0.2, 0) is 0 Å². The number of rotatable bonds is 6. The molecule has 6 nitrogen and oxygen atoms in total. The number of methoxy groups -OCH3 is 1. The Balaban J connectivity index is 1.89. The summed E-state index contributed by atoms with van der Waals surface area (Å²) in [5.74, 6) is 2.11. The third-order valence-electron chi connectivity index (χ3n) is 5.26. The highest BCUT2D eigenvalue weighted by Gasteiger charge is 2.23. The molecule has 2 aromatic heterocycles. The highest BCUT2D eigenvalue weighted by Crippen LogP contribution is 2.42. The summed E-state index contributed by atoms with van der Waals surface area (Å²) in [5.41, 5.74) is 2.15. The molecule has 1 aliphatic rings. The number of hydrogen-bond donors (Lipinski definition) is 1. The molecule has 1 fully saturated rings. The minimum Gasteiger partial charge on any atom is -0.493 e. The monoisotopic (exact) mass is 446 g/mol. The molecule has 0 bridgehead atoms. The molecule has 3 aromatic rings. The van der Waals surface area contributed by atoms with Crippen molar-refractivity contribution in [2.75, 3.05) is 31.4 Å². The molecule has 0 atom stereocenters. The van der Waals surface area contributed by atoms with Crippen molar-refractivity contribution in [1.29, 1.82) is 0 Å². The van der Waals surface area contributed by atoms with Gasteiger partial charge in [0.15, 0.2) is 11.5 Å². The van der Waals surface area contributed by atoms with E-state index in [-0.39, 0.29) is 6.10 Å². The zero-order chi connectivity index (χ0) is 21.3. The smallest absolute Gasteiger partial charge is 0.187 e. The molecule has 1 saturated carbocycles. The van der Waals surface area contributed by atoms with Crippen LogP contribution in [0.2, 0.25) is 10.0 Å². The maximum absolute atomic E-state index is 6.40. The summed E-state index contributed by atoms with van der Waals surface area (Å²) < 4.78 is 12.0. The standard InChI is InChI=1S/C22H24Cl2N4O2/c1-28(2)19-10-17(26-21-15(23)11-25-12-16(21)24)14-8-9-18(29-3)22(20(14)27-19)30-13-6-4-5-7-13/h8-13H,4-7H2,1-3H3,(H,25,26,27). The Morgan fingerprint density at radius 3 is 2.43 bits per heavy atom. The van der Waals surface area contributed by atoms with Gasteiger partial charge in [0.1, 0.15) is 11.3 Å². The first kappa shape index (κ1) is 20.8. The number of hydrogen-bond acceptors (Lipinski definition) is 6. The predicted octanol–water partition coefficient (Wildman–Crippen LogP) is 6.08. The maximum Gasteiger partial charge on any atom is 0.187 e. The fourth-order valence-corrected chi connectivity index (χ4v) is 4.14. The molecule has 8 heteroatoms. The van der Waals surface area contributed by atoms with Gasteiger partial charge in [-0.25, -0.2) is 4.98 Å². The van der Waals surface area contributed by atoms with E-state index in [1.165, 1.54) is 12.8 Å². The van der Waals surface area contributed by atoms with E-state index in [0.717, 1.165) is 35.2 Å². The lowest BCUT2D eigenvalue weighted by Gasteiger charge is -2.21. The minimum atomic E-state index is 0.176. The second-order valence-electron chi connectivity index (χ2n) is 7.54. The van der Waals surface area contributed by atoms with E-state index in [0.29, 0.717) is 27.2 Å². The van der Waals surface area contributed by atoms with Gasteiger partial charge < -0.3 is 19.7 Å². The van der Waals surface area contributed by atoms with Gasteiger partial charge in [0, 0.05) is 37.9 Å². The third kappa shape index (κ3) is 4.07. The quantitative estimate of drug-likeness (QED) is 0.495. The van der Waals surface area contributed by atoms with E-state index in [2.05, 4.69) is 10.3 Å². The number of benzene rings is 1. The normalized spacial score (nSPS) is 14.2. The molecule has 0 spiro atoms. The van der Waals surface area contributed by atoms with Gasteiger partial charge >= 0.3 is 0 Å². The average Bonchev–Trinajstić information content (AvgIpc) is 3.24. The molecule has 30 heavy (non-hydrogen) atoms. The first-order valence-electron chi connectivity index (χ1n) is 9.89. The molecule has 158 valence electrons. The van der Waals surface area contributed by atoms with Gasteiger partial charge in [-0.05, 0) is 37.8 Å². The minimum absolute atomic E-state index is 0.176. The number of anilines is 3. The number of aromatic nitrogens is 2. The van der Waals surface area contributed by atoms with Gasteiger partial charge in [0.2, 0.25) is 0 Å².